The summed E-state index contributed by atoms with van der Waals surface area (Å²) in [4.78, 5) is 8.16. The van der Waals surface area contributed by atoms with Crippen LogP contribution in [0.25, 0.3) is 43.1 Å². The lowest BCUT2D eigenvalue weighted by Gasteiger charge is -2.09. The Hall–Kier alpha value is -6.40. The number of fused-ring (bicyclic) bond motifs is 6. The second-order valence-corrected chi connectivity index (χ2v) is 10.7. The smallest absolute Gasteiger partial charge is 0.416 e. The van der Waals surface area contributed by atoms with E-state index in [2.05, 4.69) is 9.98 Å². The van der Waals surface area contributed by atoms with Crippen molar-refractivity contribution >= 4 is 43.1 Å². The van der Waals surface area contributed by atoms with Crippen molar-refractivity contribution in [2.75, 3.05) is 0 Å². The number of rotatable bonds is 4. The average molecular weight is 651 g/mol. The van der Waals surface area contributed by atoms with E-state index in [9.17, 15) is 36.9 Å². The highest BCUT2D eigenvalue weighted by atomic mass is 19.4. The lowest BCUT2D eigenvalue weighted by atomic mass is 10.1. The molecular weight excluding hydrogens is 634 g/mol. The highest BCUT2D eigenvalue weighted by Gasteiger charge is 2.31. The van der Waals surface area contributed by atoms with Gasteiger partial charge in [0.15, 0.2) is 0 Å². The molecule has 48 heavy (non-hydrogen) atoms. The van der Waals surface area contributed by atoms with Crippen molar-refractivity contribution in [2.45, 2.75) is 12.4 Å². The largest absolute Gasteiger partial charge is 0.457 e. The van der Waals surface area contributed by atoms with E-state index in [1.165, 1.54) is 24.3 Å². The maximum absolute atomic E-state index is 13.0. The van der Waals surface area contributed by atoms with Gasteiger partial charge in [0.05, 0.1) is 21.8 Å². The molecule has 0 saturated heterocycles. The van der Waals surface area contributed by atoms with Crippen LogP contribution in [-0.2, 0) is 12.4 Å². The standard InChI is InChI=1S/C36H16F6N4O2/c37-35(38,39)19-1-5-21(6-2-19)47-23-9-11-25-27-15-32-28(16-31(27)33(45-17-43)29(25)13-23)26-12-10-24(14-30(26)34(32)46-18-44)48-22-7-3-20(4-8-22)36(40,41)42/h1-16H/b45-33+,46-34+. The Morgan fingerprint density at radius 3 is 1.08 bits per heavy atom. The van der Waals surface area contributed by atoms with Gasteiger partial charge in [-0.25, -0.2) is 0 Å². The van der Waals surface area contributed by atoms with Crippen LogP contribution in [0.2, 0.25) is 0 Å². The Labute approximate surface area is 266 Å². The predicted octanol–water partition coefficient (Wildman–Crippen LogP) is 9.56. The van der Waals surface area contributed by atoms with Gasteiger partial charge in [-0.3, -0.25) is 0 Å². The maximum atomic E-state index is 13.0. The molecule has 0 bridgehead atoms. The molecule has 0 saturated carbocycles. The zero-order valence-electron chi connectivity index (χ0n) is 24.1. The molecule has 0 N–H and O–H groups in total. The molecule has 0 aliphatic carbocycles. The fraction of sp³-hybridized carbons (Fsp3) is 0.0556. The molecule has 0 amide bonds. The minimum atomic E-state index is -4.48. The first kappa shape index (κ1) is 30.3. The van der Waals surface area contributed by atoms with Crippen LogP contribution >= 0.6 is 0 Å². The first-order valence-electron chi connectivity index (χ1n) is 14.1. The molecule has 12 heteroatoms. The fourth-order valence-electron chi connectivity index (χ4n) is 5.80. The number of hydrogen-bond donors (Lipinski definition) is 0. The second kappa shape index (κ2) is 11.1. The van der Waals surface area contributed by atoms with E-state index in [1.54, 1.807) is 36.4 Å². The Balaban J connectivity index is 1.34. The number of benzene rings is 5. The van der Waals surface area contributed by atoms with E-state index in [-0.39, 0.29) is 11.5 Å². The summed E-state index contributed by atoms with van der Waals surface area (Å²) < 4.78 is 89.5. The zero-order chi connectivity index (χ0) is 33.8. The van der Waals surface area contributed by atoms with Gasteiger partial charge in [-0.1, -0.05) is 0 Å². The number of halogens is 6. The van der Waals surface area contributed by atoms with Gasteiger partial charge in [-0.05, 0) is 119 Å². The number of ether oxygens (including phenoxy) is 2. The topological polar surface area (TPSA) is 90.8 Å². The molecule has 0 aromatic heterocycles. The first-order chi connectivity index (χ1) is 22.9. The van der Waals surface area contributed by atoms with Crippen molar-refractivity contribution < 1.29 is 35.8 Å². The van der Waals surface area contributed by atoms with Gasteiger partial charge < -0.3 is 9.47 Å². The second-order valence-electron chi connectivity index (χ2n) is 10.7. The minimum Gasteiger partial charge on any atom is -0.457 e. The summed E-state index contributed by atoms with van der Waals surface area (Å²) in [5.74, 6) is 1.01. The van der Waals surface area contributed by atoms with Crippen molar-refractivity contribution in [3.05, 3.63) is 119 Å². The van der Waals surface area contributed by atoms with Crippen LogP contribution < -0.4 is 20.2 Å². The van der Waals surface area contributed by atoms with Crippen molar-refractivity contribution in [3.63, 3.8) is 0 Å². The minimum absolute atomic E-state index is 0.187. The van der Waals surface area contributed by atoms with Gasteiger partial charge in [0.2, 0.25) is 12.4 Å². The number of hydrogen-bond acceptors (Lipinski definition) is 6. The molecule has 0 fully saturated rings. The number of nitrogens with zero attached hydrogens (tertiary/aromatic N) is 4. The van der Waals surface area contributed by atoms with Gasteiger partial charge in [0, 0.05) is 21.5 Å². The Morgan fingerprint density at radius 1 is 0.417 bits per heavy atom. The SMILES string of the molecule is N#C/N=c1\c2cc(Oc3ccc(C(F)(F)F)cc3)ccc2c2cc3/c(=N/C#N)c4cc(Oc5ccc(C(F)(F)F)cc5)ccc4c3cc12. The molecule has 234 valence electrons. The molecular formula is C36H16F6N4O2. The first-order valence-corrected chi connectivity index (χ1v) is 14.1. The quantitative estimate of drug-likeness (QED) is 0.140. The van der Waals surface area contributed by atoms with E-state index < -0.39 is 23.5 Å². The predicted molar refractivity (Wildman–Crippen MR) is 164 cm³/mol. The van der Waals surface area contributed by atoms with Crippen LogP contribution in [-0.4, -0.2) is 0 Å². The normalized spacial score (nSPS) is 13.0. The molecule has 0 aliphatic rings. The van der Waals surface area contributed by atoms with Crippen LogP contribution in [0.3, 0.4) is 0 Å². The van der Waals surface area contributed by atoms with E-state index >= 15 is 0 Å². The molecule has 0 unspecified atom stereocenters. The third-order valence-corrected chi connectivity index (χ3v) is 7.90. The van der Waals surface area contributed by atoms with Crippen molar-refractivity contribution in [1.82, 2.24) is 0 Å². The number of alkyl halides is 6. The van der Waals surface area contributed by atoms with Gasteiger partial charge in [-0.2, -0.15) is 46.9 Å². The van der Waals surface area contributed by atoms with Gasteiger partial charge >= 0.3 is 12.4 Å². The summed E-state index contributed by atoms with van der Waals surface area (Å²) in [6, 6.07) is 22.3. The van der Waals surface area contributed by atoms with Gasteiger partial charge in [-0.15, -0.1) is 0 Å². The molecule has 0 heterocycles. The summed E-state index contributed by atoms with van der Waals surface area (Å²) >= 11 is 0. The van der Waals surface area contributed by atoms with E-state index in [1.807, 2.05) is 24.5 Å². The summed E-state index contributed by atoms with van der Waals surface area (Å²) in [6.45, 7) is 0. The summed E-state index contributed by atoms with van der Waals surface area (Å²) in [7, 11) is 0. The van der Waals surface area contributed by atoms with Crippen LogP contribution in [0.4, 0.5) is 26.3 Å². The molecule has 7 aromatic carbocycles. The maximum Gasteiger partial charge on any atom is 0.416 e. The Morgan fingerprint density at radius 2 is 0.750 bits per heavy atom. The van der Waals surface area contributed by atoms with Crippen LogP contribution in [0, 0.1) is 22.9 Å². The molecule has 0 radical (unpaired) electrons. The van der Waals surface area contributed by atoms with Crippen LogP contribution in [0.15, 0.2) is 107 Å². The summed E-state index contributed by atoms with van der Waals surface area (Å²) in [6.07, 6.45) is -5.29. The van der Waals surface area contributed by atoms with Gasteiger partial charge in [0.25, 0.3) is 0 Å². The van der Waals surface area contributed by atoms with Crippen molar-refractivity contribution in [1.29, 1.82) is 10.5 Å². The number of nitriles is 2. The van der Waals surface area contributed by atoms with Gasteiger partial charge in [0.1, 0.15) is 23.0 Å². The van der Waals surface area contributed by atoms with Crippen LogP contribution in [0.5, 0.6) is 23.0 Å². The lowest BCUT2D eigenvalue weighted by Crippen LogP contribution is -2.04. The van der Waals surface area contributed by atoms with Crippen molar-refractivity contribution in [2.24, 2.45) is 9.98 Å². The van der Waals surface area contributed by atoms with E-state index in [0.29, 0.717) is 65.3 Å². The van der Waals surface area contributed by atoms with E-state index in [4.69, 9.17) is 9.47 Å². The molecule has 0 spiro atoms. The molecule has 7 rings (SSSR count). The molecule has 6 nitrogen and oxygen atoms in total. The highest BCUT2D eigenvalue weighted by molar-refractivity contribution is 6.21. The Bertz CT molecular complexity index is 2420. The third kappa shape index (κ3) is 5.29. The van der Waals surface area contributed by atoms with Crippen molar-refractivity contribution in [3.8, 4) is 35.4 Å². The fourth-order valence-corrected chi connectivity index (χ4v) is 5.80. The zero-order valence-corrected chi connectivity index (χ0v) is 24.1. The molecule has 7 aromatic rings. The Kier molecular flexibility index (Phi) is 7.02. The summed E-state index contributed by atoms with van der Waals surface area (Å²) in [5, 5.41) is 25.1. The monoisotopic (exact) mass is 650 g/mol. The lowest BCUT2D eigenvalue weighted by molar-refractivity contribution is -0.138. The summed E-state index contributed by atoms with van der Waals surface area (Å²) in [5.41, 5.74) is -1.61. The highest BCUT2D eigenvalue weighted by Crippen LogP contribution is 2.37. The van der Waals surface area contributed by atoms with E-state index in [0.717, 1.165) is 24.3 Å². The average Bonchev–Trinajstić information content (AvgIpc) is 3.51. The molecule has 0 atom stereocenters. The third-order valence-electron chi connectivity index (χ3n) is 7.90. The van der Waals surface area contributed by atoms with Crippen LogP contribution in [0.1, 0.15) is 11.1 Å². The molecule has 0 aliphatic heterocycles.